The number of thiol groups is 1. The van der Waals surface area contributed by atoms with E-state index in [9.17, 15) is 8.42 Å². The Hall–Kier alpha value is 1.49. The summed E-state index contributed by atoms with van der Waals surface area (Å²) >= 11 is 4.95. The Bertz CT molecular complexity index is 108. The Morgan fingerprint density at radius 1 is 1.56 bits per heavy atom. The molecule has 0 saturated carbocycles. The fraction of sp³-hybridized carbons (Fsp3) is 1.00. The molecular weight excluding hydrogens is 198 g/mol. The van der Waals surface area contributed by atoms with E-state index < -0.39 is 22.0 Å². The summed E-state index contributed by atoms with van der Waals surface area (Å²) in [5.41, 5.74) is 0. The maximum atomic E-state index is 9.68. The van der Waals surface area contributed by atoms with Crippen LogP contribution in [0, 0.1) is 0 Å². The third-order valence-electron chi connectivity index (χ3n) is 0.379. The predicted octanol–water partition coefficient (Wildman–Crippen LogP) is -6.84. The molecule has 0 saturated heterocycles. The topological polar surface area (TPSA) is 54.4 Å². The second kappa shape index (κ2) is 9.49. The van der Waals surface area contributed by atoms with E-state index in [1.807, 2.05) is 0 Å². The number of hydrogen-bond acceptors (Lipinski definition) is 3. The van der Waals surface area contributed by atoms with Crippen LogP contribution in [0.1, 0.15) is 0 Å². The van der Waals surface area contributed by atoms with Gasteiger partial charge in [-0.05, 0) is 0 Å². The molecule has 0 amide bonds. The van der Waals surface area contributed by atoms with Crippen molar-refractivity contribution in [1.82, 2.24) is 0 Å². The first kappa shape index (κ1) is 16.8. The zero-order valence-electron chi connectivity index (χ0n) is 4.75. The van der Waals surface area contributed by atoms with Crippen LogP contribution in [-0.4, -0.2) is 24.8 Å². The van der Waals surface area contributed by atoms with E-state index in [0.717, 1.165) is 0 Å². The Morgan fingerprint density at radius 3 is 1.89 bits per heavy atom. The summed E-state index contributed by atoms with van der Waals surface area (Å²) in [6, 6.07) is 0. The Balaban J connectivity index is -0.000000180. The van der Waals surface area contributed by atoms with Crippen LogP contribution in [0.4, 0.5) is 0 Å². The van der Waals surface area contributed by atoms with Crippen molar-refractivity contribution in [2.24, 2.45) is 0 Å². The summed E-state index contributed by atoms with van der Waals surface area (Å²) in [4.78, 5) is 0. The second-order valence-electron chi connectivity index (χ2n) is 0.902. The maximum Gasteiger partial charge on any atom is 1.00 e. The molecule has 7 heteroatoms. The molecule has 0 aromatic carbocycles. The number of aliphatic hydroxyl groups excluding tert-OH is 1. The van der Waals surface area contributed by atoms with Crippen molar-refractivity contribution in [3.8, 4) is 0 Å². The molecule has 0 bridgehead atoms. The van der Waals surface area contributed by atoms with Gasteiger partial charge >= 0.3 is 29.6 Å². The molecule has 0 rings (SSSR count). The van der Waals surface area contributed by atoms with E-state index in [1.165, 1.54) is 0 Å². The largest absolute Gasteiger partial charge is 1.00 e. The van der Waals surface area contributed by atoms with Gasteiger partial charge in [-0.2, -0.15) is 0 Å². The van der Waals surface area contributed by atoms with E-state index in [2.05, 4.69) is 0 Å². The minimum absolute atomic E-state index is 0. The first-order valence-electron chi connectivity index (χ1n) is 1.57. The van der Waals surface area contributed by atoms with Gasteiger partial charge < -0.3 is 17.5 Å². The second-order valence-corrected chi connectivity index (χ2v) is 2.93. The number of alkyl halides is 1. The van der Waals surface area contributed by atoms with Crippen molar-refractivity contribution in [3.63, 3.8) is 0 Å². The van der Waals surface area contributed by atoms with Crippen molar-refractivity contribution < 1.29 is 55.5 Å². The van der Waals surface area contributed by atoms with Crippen LogP contribution in [0.25, 0.3) is 0 Å². The average molecular weight is 203 g/mol. The van der Waals surface area contributed by atoms with Gasteiger partial charge in [-0.15, -0.1) is 11.6 Å². The third kappa shape index (κ3) is 9.49. The van der Waals surface area contributed by atoms with Crippen molar-refractivity contribution in [1.29, 1.82) is 0 Å². The van der Waals surface area contributed by atoms with E-state index >= 15 is 0 Å². The molecule has 1 unspecified atom stereocenters. The molecule has 0 aliphatic rings. The summed E-state index contributed by atoms with van der Waals surface area (Å²) in [6.07, 6.45) is 0. The molecular formula is C2H5Cl2NaO3S. The summed E-state index contributed by atoms with van der Waals surface area (Å²) in [6.45, 7) is -0.514. The molecule has 0 radical (unpaired) electrons. The van der Waals surface area contributed by atoms with Crippen LogP contribution >= 0.6 is 11.6 Å². The fourth-order valence-electron chi connectivity index (χ4n) is 0.0667. The first-order valence-corrected chi connectivity index (χ1v) is 3.25. The summed E-state index contributed by atoms with van der Waals surface area (Å²) in [5.74, 6) is 0. The van der Waals surface area contributed by atoms with Gasteiger partial charge in [0.25, 0.3) is 0 Å². The number of halogens is 2. The summed E-state index contributed by atoms with van der Waals surface area (Å²) in [7, 11) is -2.65. The van der Waals surface area contributed by atoms with Crippen LogP contribution < -0.4 is 42.0 Å². The SMILES string of the molecule is O=[SH](=O)C(Cl)CO.[Cl-].[Na+]. The minimum Gasteiger partial charge on any atom is -1.00 e. The molecule has 52 valence electrons. The first-order chi connectivity index (χ1) is 3.18. The van der Waals surface area contributed by atoms with E-state index in [0.29, 0.717) is 0 Å². The van der Waals surface area contributed by atoms with Crippen molar-refractivity contribution in [3.05, 3.63) is 0 Å². The standard InChI is InChI=1S/C2H5ClO3S.ClH.Na/c3-2(1-4)7(5)6;;/h2,4,7H,1H2;1H;/q;;+1/p-1. The molecule has 0 fully saturated rings. The summed E-state index contributed by atoms with van der Waals surface area (Å²) in [5, 5.41) is 7.99. The molecule has 0 spiro atoms. The van der Waals surface area contributed by atoms with Gasteiger partial charge in [-0.1, -0.05) is 0 Å². The number of aliphatic hydroxyl groups is 1. The van der Waals surface area contributed by atoms with Gasteiger partial charge in [0.15, 0.2) is 15.4 Å². The zero-order chi connectivity index (χ0) is 5.86. The van der Waals surface area contributed by atoms with Gasteiger partial charge in [0.1, 0.15) is 0 Å². The van der Waals surface area contributed by atoms with Crippen molar-refractivity contribution >= 4 is 22.3 Å². The van der Waals surface area contributed by atoms with Gasteiger partial charge in [0, 0.05) is 0 Å². The molecule has 0 aromatic rings. The van der Waals surface area contributed by atoms with Crippen LogP contribution in [0.15, 0.2) is 0 Å². The molecule has 0 aromatic heterocycles. The molecule has 9 heavy (non-hydrogen) atoms. The summed E-state index contributed by atoms with van der Waals surface area (Å²) < 4.78 is 18.2. The molecule has 1 atom stereocenters. The zero-order valence-corrected chi connectivity index (χ0v) is 9.16. The molecule has 1 N–H and O–H groups in total. The van der Waals surface area contributed by atoms with Crippen LogP contribution in [0.3, 0.4) is 0 Å². The molecule has 0 aliphatic carbocycles. The quantitative estimate of drug-likeness (QED) is 0.266. The molecule has 0 heterocycles. The van der Waals surface area contributed by atoms with E-state index in [1.54, 1.807) is 0 Å². The van der Waals surface area contributed by atoms with Crippen LogP contribution in [0.5, 0.6) is 0 Å². The predicted molar refractivity (Wildman–Crippen MR) is 27.0 cm³/mol. The van der Waals surface area contributed by atoms with Crippen molar-refractivity contribution in [2.75, 3.05) is 6.61 Å². The Labute approximate surface area is 88.4 Å². The van der Waals surface area contributed by atoms with Gasteiger partial charge in [-0.3, -0.25) is 0 Å². The van der Waals surface area contributed by atoms with Crippen LogP contribution in [0.2, 0.25) is 0 Å². The average Bonchev–Trinajstić information content (AvgIpc) is 1.65. The number of hydrogen-bond donors (Lipinski definition) is 2. The smallest absolute Gasteiger partial charge is 1.00 e. The molecule has 0 aliphatic heterocycles. The van der Waals surface area contributed by atoms with E-state index in [4.69, 9.17) is 16.7 Å². The van der Waals surface area contributed by atoms with Gasteiger partial charge in [0.2, 0.25) is 0 Å². The fourth-order valence-corrected chi connectivity index (χ4v) is 0.200. The normalized spacial score (nSPS) is 11.4. The van der Waals surface area contributed by atoms with Gasteiger partial charge in [-0.25, -0.2) is 8.42 Å². The van der Waals surface area contributed by atoms with E-state index in [-0.39, 0.29) is 42.0 Å². The third-order valence-corrected chi connectivity index (χ3v) is 1.62. The van der Waals surface area contributed by atoms with Crippen LogP contribution in [-0.2, 0) is 10.7 Å². The molecule has 3 nitrogen and oxygen atoms in total. The Kier molecular flexibility index (Phi) is 17.8. The minimum atomic E-state index is -2.65. The maximum absolute atomic E-state index is 9.68. The monoisotopic (exact) mass is 202 g/mol. The van der Waals surface area contributed by atoms with Crippen molar-refractivity contribution in [2.45, 2.75) is 4.71 Å². The number of rotatable bonds is 2. The van der Waals surface area contributed by atoms with Gasteiger partial charge in [0.05, 0.1) is 6.61 Å². The Morgan fingerprint density at radius 2 is 1.89 bits per heavy atom.